The topological polar surface area (TPSA) is 46.2 Å². The van der Waals surface area contributed by atoms with Crippen LogP contribution < -0.4 is 5.32 Å². The molecule has 1 saturated carbocycles. The van der Waals surface area contributed by atoms with Gasteiger partial charge in [-0.2, -0.15) is 0 Å². The van der Waals surface area contributed by atoms with Crippen LogP contribution in [-0.4, -0.2) is 26.8 Å². The Morgan fingerprint density at radius 2 is 2.05 bits per heavy atom. The SMILES string of the molecule is CCC1CCC(NC)C(S(=O)(=O)c2cccc(C)c2)C1. The molecule has 0 aliphatic heterocycles. The Bertz CT molecular complexity index is 553. The average Bonchev–Trinajstić information content (AvgIpc) is 2.46. The van der Waals surface area contributed by atoms with E-state index in [4.69, 9.17) is 0 Å². The Morgan fingerprint density at radius 1 is 1.30 bits per heavy atom. The van der Waals surface area contributed by atoms with Gasteiger partial charge in [-0.05, 0) is 56.8 Å². The molecule has 0 radical (unpaired) electrons. The van der Waals surface area contributed by atoms with Crippen LogP contribution in [0.4, 0.5) is 0 Å². The highest BCUT2D eigenvalue weighted by Crippen LogP contribution is 2.34. The number of sulfone groups is 1. The van der Waals surface area contributed by atoms with E-state index in [1.165, 1.54) is 0 Å². The van der Waals surface area contributed by atoms with E-state index < -0.39 is 9.84 Å². The van der Waals surface area contributed by atoms with E-state index in [-0.39, 0.29) is 11.3 Å². The highest BCUT2D eigenvalue weighted by atomic mass is 32.2. The molecule has 3 nitrogen and oxygen atoms in total. The molecule has 112 valence electrons. The smallest absolute Gasteiger partial charge is 0.182 e. The van der Waals surface area contributed by atoms with Crippen LogP contribution in [-0.2, 0) is 9.84 Å². The molecule has 0 heterocycles. The predicted octanol–water partition coefficient (Wildman–Crippen LogP) is 2.94. The first-order valence-corrected chi connectivity index (χ1v) is 9.01. The van der Waals surface area contributed by atoms with E-state index in [1.807, 2.05) is 26.1 Å². The maximum atomic E-state index is 12.9. The number of hydrogen-bond acceptors (Lipinski definition) is 3. The standard InChI is InChI=1S/C16H25NO2S/c1-4-13-8-9-15(17-3)16(11-13)20(18,19)14-7-5-6-12(2)10-14/h5-7,10,13,15-17H,4,8-9,11H2,1-3H3. The van der Waals surface area contributed by atoms with Crippen LogP contribution in [0.15, 0.2) is 29.2 Å². The fourth-order valence-corrected chi connectivity index (χ4v) is 5.42. The minimum atomic E-state index is -3.25. The maximum absolute atomic E-state index is 12.9. The molecule has 0 spiro atoms. The molecule has 20 heavy (non-hydrogen) atoms. The van der Waals surface area contributed by atoms with Crippen molar-refractivity contribution in [3.05, 3.63) is 29.8 Å². The van der Waals surface area contributed by atoms with Crippen LogP contribution in [0.3, 0.4) is 0 Å². The van der Waals surface area contributed by atoms with Gasteiger partial charge in [-0.3, -0.25) is 0 Å². The molecule has 1 fully saturated rings. The van der Waals surface area contributed by atoms with Crippen molar-refractivity contribution in [2.24, 2.45) is 5.92 Å². The lowest BCUT2D eigenvalue weighted by Gasteiger charge is -2.35. The van der Waals surface area contributed by atoms with Crippen LogP contribution >= 0.6 is 0 Å². The Labute approximate surface area is 122 Å². The second kappa shape index (κ2) is 6.27. The van der Waals surface area contributed by atoms with Gasteiger partial charge in [0, 0.05) is 6.04 Å². The number of aryl methyl sites for hydroxylation is 1. The van der Waals surface area contributed by atoms with Crippen molar-refractivity contribution in [1.29, 1.82) is 0 Å². The molecule has 1 aromatic carbocycles. The molecular formula is C16H25NO2S. The number of nitrogens with one attached hydrogen (secondary N) is 1. The minimum absolute atomic E-state index is 0.0725. The molecule has 0 bridgehead atoms. The van der Waals surface area contributed by atoms with Crippen molar-refractivity contribution in [3.8, 4) is 0 Å². The van der Waals surface area contributed by atoms with Gasteiger partial charge in [0.25, 0.3) is 0 Å². The first kappa shape index (κ1) is 15.5. The van der Waals surface area contributed by atoms with Crippen molar-refractivity contribution < 1.29 is 8.42 Å². The van der Waals surface area contributed by atoms with Gasteiger partial charge in [0.1, 0.15) is 0 Å². The first-order chi connectivity index (χ1) is 9.48. The summed E-state index contributed by atoms with van der Waals surface area (Å²) in [5.41, 5.74) is 0.995. The van der Waals surface area contributed by atoms with Crippen molar-refractivity contribution in [2.75, 3.05) is 7.05 Å². The Hall–Kier alpha value is -0.870. The summed E-state index contributed by atoms with van der Waals surface area (Å²) < 4.78 is 25.9. The highest BCUT2D eigenvalue weighted by Gasteiger charge is 2.38. The number of rotatable bonds is 4. The lowest BCUT2D eigenvalue weighted by Crippen LogP contribution is -2.46. The monoisotopic (exact) mass is 295 g/mol. The highest BCUT2D eigenvalue weighted by molar-refractivity contribution is 7.92. The van der Waals surface area contributed by atoms with Crippen molar-refractivity contribution in [2.45, 2.75) is 55.7 Å². The largest absolute Gasteiger partial charge is 0.316 e. The van der Waals surface area contributed by atoms with Gasteiger partial charge in [0.05, 0.1) is 10.1 Å². The van der Waals surface area contributed by atoms with Crippen molar-refractivity contribution in [1.82, 2.24) is 5.32 Å². The molecule has 3 unspecified atom stereocenters. The van der Waals surface area contributed by atoms with Crippen LogP contribution in [0, 0.1) is 12.8 Å². The zero-order chi connectivity index (χ0) is 14.8. The zero-order valence-electron chi connectivity index (χ0n) is 12.6. The molecule has 1 N–H and O–H groups in total. The van der Waals surface area contributed by atoms with Crippen LogP contribution in [0.1, 0.15) is 38.2 Å². The van der Waals surface area contributed by atoms with Crippen LogP contribution in [0.2, 0.25) is 0 Å². The van der Waals surface area contributed by atoms with E-state index >= 15 is 0 Å². The van der Waals surface area contributed by atoms with Gasteiger partial charge in [0.15, 0.2) is 9.84 Å². The molecule has 0 amide bonds. The molecule has 1 aromatic rings. The molecule has 0 aromatic heterocycles. The summed E-state index contributed by atoms with van der Waals surface area (Å²) >= 11 is 0. The maximum Gasteiger partial charge on any atom is 0.182 e. The quantitative estimate of drug-likeness (QED) is 0.929. The number of hydrogen-bond donors (Lipinski definition) is 1. The summed E-state index contributed by atoms with van der Waals surface area (Å²) in [7, 11) is -1.38. The Balaban J connectivity index is 2.34. The second-order valence-corrected chi connectivity index (χ2v) is 8.05. The van der Waals surface area contributed by atoms with Crippen LogP contribution in [0.25, 0.3) is 0 Å². The van der Waals surface area contributed by atoms with Crippen LogP contribution in [0.5, 0.6) is 0 Å². The lowest BCUT2D eigenvalue weighted by molar-refractivity contribution is 0.296. The fourth-order valence-electron chi connectivity index (χ4n) is 3.22. The van der Waals surface area contributed by atoms with Gasteiger partial charge < -0.3 is 5.32 Å². The lowest BCUT2D eigenvalue weighted by atomic mass is 9.84. The summed E-state index contributed by atoms with van der Waals surface area (Å²) in [6.45, 7) is 4.09. The second-order valence-electron chi connectivity index (χ2n) is 5.88. The normalized spacial score (nSPS) is 27.4. The summed E-state index contributed by atoms with van der Waals surface area (Å²) in [6, 6.07) is 7.35. The Morgan fingerprint density at radius 3 is 2.65 bits per heavy atom. The summed E-state index contributed by atoms with van der Waals surface area (Å²) in [4.78, 5) is 0.472. The average molecular weight is 295 g/mol. The van der Waals surface area contributed by atoms with E-state index in [9.17, 15) is 8.42 Å². The van der Waals surface area contributed by atoms with Gasteiger partial charge in [-0.1, -0.05) is 25.5 Å². The molecule has 1 aliphatic rings. The molecule has 0 saturated heterocycles. The summed E-state index contributed by atoms with van der Waals surface area (Å²) in [6.07, 6.45) is 3.92. The van der Waals surface area contributed by atoms with Gasteiger partial charge in [-0.25, -0.2) is 8.42 Å². The van der Waals surface area contributed by atoms with E-state index in [1.54, 1.807) is 12.1 Å². The fraction of sp³-hybridized carbons (Fsp3) is 0.625. The number of benzene rings is 1. The minimum Gasteiger partial charge on any atom is -0.316 e. The van der Waals surface area contributed by atoms with E-state index in [2.05, 4.69) is 12.2 Å². The van der Waals surface area contributed by atoms with E-state index in [0.717, 1.165) is 31.2 Å². The van der Waals surface area contributed by atoms with Crippen molar-refractivity contribution >= 4 is 9.84 Å². The molecule has 4 heteroatoms. The van der Waals surface area contributed by atoms with Crippen molar-refractivity contribution in [3.63, 3.8) is 0 Å². The van der Waals surface area contributed by atoms with Gasteiger partial charge >= 0.3 is 0 Å². The molecule has 2 rings (SSSR count). The third-order valence-electron chi connectivity index (χ3n) is 4.57. The van der Waals surface area contributed by atoms with Gasteiger partial charge in [0.2, 0.25) is 0 Å². The first-order valence-electron chi connectivity index (χ1n) is 7.46. The zero-order valence-corrected chi connectivity index (χ0v) is 13.4. The third kappa shape index (κ3) is 3.07. The van der Waals surface area contributed by atoms with Gasteiger partial charge in [-0.15, -0.1) is 0 Å². The summed E-state index contributed by atoms with van der Waals surface area (Å²) in [5.74, 6) is 0.532. The molecular weight excluding hydrogens is 270 g/mol. The predicted molar refractivity (Wildman–Crippen MR) is 82.6 cm³/mol. The Kier molecular flexibility index (Phi) is 4.86. The third-order valence-corrected chi connectivity index (χ3v) is 6.79. The molecule has 3 atom stereocenters. The van der Waals surface area contributed by atoms with E-state index in [0.29, 0.717) is 10.8 Å². The summed E-state index contributed by atoms with van der Waals surface area (Å²) in [5, 5.41) is 2.91. The molecule has 1 aliphatic carbocycles.